The van der Waals surface area contributed by atoms with Crippen molar-refractivity contribution in [3.8, 4) is 0 Å². The van der Waals surface area contributed by atoms with Crippen molar-refractivity contribution in [2.75, 3.05) is 24.7 Å². The average molecular weight is 405 g/mol. The van der Waals surface area contributed by atoms with Crippen molar-refractivity contribution in [3.05, 3.63) is 54.1 Å². The van der Waals surface area contributed by atoms with E-state index in [-0.39, 0.29) is 10.8 Å². The van der Waals surface area contributed by atoms with Gasteiger partial charge in [-0.25, -0.2) is 8.42 Å². The Hall–Kier alpha value is -1.83. The number of nitrogens with one attached hydrogen (secondary N) is 1. The molecule has 2 aromatic rings. The minimum absolute atomic E-state index is 0.169. The number of benzene rings is 2. The summed E-state index contributed by atoms with van der Waals surface area (Å²) in [6.07, 6.45) is 3.70. The van der Waals surface area contributed by atoms with Gasteiger partial charge >= 0.3 is 0 Å². The number of piperidine rings is 1. The Morgan fingerprint density at radius 1 is 1.11 bits per heavy atom. The second-order valence-corrected chi connectivity index (χ2v) is 9.62. The van der Waals surface area contributed by atoms with Gasteiger partial charge in [-0.2, -0.15) is 4.31 Å². The first-order valence-electron chi connectivity index (χ1n) is 8.96. The van der Waals surface area contributed by atoms with Gasteiger partial charge in [0.05, 0.1) is 4.90 Å². The SMILES string of the molecule is CSc1cccc(NC(=O)c2cccc(S(=O)(=O)N3CCC(C)CC3)c2)c1. The highest BCUT2D eigenvalue weighted by Crippen LogP contribution is 2.24. The summed E-state index contributed by atoms with van der Waals surface area (Å²) in [6.45, 7) is 3.20. The van der Waals surface area contributed by atoms with Crippen LogP contribution in [0.25, 0.3) is 0 Å². The lowest BCUT2D eigenvalue weighted by molar-refractivity contribution is 0.102. The molecule has 1 heterocycles. The van der Waals surface area contributed by atoms with E-state index in [1.807, 2.05) is 30.5 Å². The second-order valence-electron chi connectivity index (χ2n) is 6.80. The molecule has 2 aromatic carbocycles. The molecular weight excluding hydrogens is 380 g/mol. The first kappa shape index (κ1) is 19.9. The zero-order valence-electron chi connectivity index (χ0n) is 15.5. The number of hydrogen-bond acceptors (Lipinski definition) is 4. The Bertz CT molecular complexity index is 920. The molecule has 1 N–H and O–H groups in total. The zero-order valence-corrected chi connectivity index (χ0v) is 17.1. The first-order valence-corrected chi connectivity index (χ1v) is 11.6. The van der Waals surface area contributed by atoms with Crippen molar-refractivity contribution < 1.29 is 13.2 Å². The van der Waals surface area contributed by atoms with Gasteiger partial charge in [-0.1, -0.05) is 19.1 Å². The van der Waals surface area contributed by atoms with E-state index in [2.05, 4.69) is 12.2 Å². The molecule has 0 atom stereocenters. The zero-order chi connectivity index (χ0) is 19.4. The number of carbonyl (C=O) groups excluding carboxylic acids is 1. The molecule has 5 nitrogen and oxygen atoms in total. The van der Waals surface area contributed by atoms with E-state index in [4.69, 9.17) is 0 Å². The fraction of sp³-hybridized carbons (Fsp3) is 0.350. The lowest BCUT2D eigenvalue weighted by Crippen LogP contribution is -2.37. The van der Waals surface area contributed by atoms with Gasteiger partial charge in [0.2, 0.25) is 10.0 Å². The van der Waals surface area contributed by atoms with Crippen LogP contribution in [0.5, 0.6) is 0 Å². The van der Waals surface area contributed by atoms with E-state index < -0.39 is 10.0 Å². The molecule has 1 amide bonds. The fourth-order valence-electron chi connectivity index (χ4n) is 3.08. The van der Waals surface area contributed by atoms with Crippen LogP contribution < -0.4 is 5.32 Å². The average Bonchev–Trinajstić information content (AvgIpc) is 2.68. The van der Waals surface area contributed by atoms with E-state index in [1.165, 1.54) is 10.4 Å². The lowest BCUT2D eigenvalue weighted by Gasteiger charge is -2.29. The van der Waals surface area contributed by atoms with Crippen molar-refractivity contribution in [1.29, 1.82) is 0 Å². The molecule has 0 aromatic heterocycles. The summed E-state index contributed by atoms with van der Waals surface area (Å²) in [5.41, 5.74) is 1.01. The molecule has 0 unspecified atom stereocenters. The Morgan fingerprint density at radius 2 is 1.81 bits per heavy atom. The topological polar surface area (TPSA) is 66.5 Å². The van der Waals surface area contributed by atoms with Crippen molar-refractivity contribution in [2.45, 2.75) is 29.6 Å². The summed E-state index contributed by atoms with van der Waals surface area (Å²) in [7, 11) is -3.58. The molecule has 0 bridgehead atoms. The van der Waals surface area contributed by atoms with Gasteiger partial charge in [0, 0.05) is 29.2 Å². The van der Waals surface area contributed by atoms with Crippen LogP contribution in [0.4, 0.5) is 5.69 Å². The normalized spacial score (nSPS) is 16.2. The monoisotopic (exact) mass is 404 g/mol. The molecule has 1 fully saturated rings. The maximum absolute atomic E-state index is 12.9. The minimum Gasteiger partial charge on any atom is -0.322 e. The molecule has 1 saturated heterocycles. The van der Waals surface area contributed by atoms with E-state index in [0.717, 1.165) is 17.7 Å². The highest BCUT2D eigenvalue weighted by atomic mass is 32.2. The summed E-state index contributed by atoms with van der Waals surface area (Å²) in [5, 5.41) is 2.84. The van der Waals surface area contributed by atoms with Crippen molar-refractivity contribution in [2.24, 2.45) is 5.92 Å². The molecule has 0 radical (unpaired) electrons. The summed E-state index contributed by atoms with van der Waals surface area (Å²) < 4.78 is 27.3. The van der Waals surface area contributed by atoms with E-state index in [9.17, 15) is 13.2 Å². The van der Waals surface area contributed by atoms with Crippen LogP contribution in [-0.4, -0.2) is 38.0 Å². The van der Waals surface area contributed by atoms with Gasteiger partial charge in [-0.15, -0.1) is 11.8 Å². The highest BCUT2D eigenvalue weighted by molar-refractivity contribution is 7.98. The van der Waals surface area contributed by atoms with Crippen molar-refractivity contribution in [1.82, 2.24) is 4.31 Å². The van der Waals surface area contributed by atoms with Crippen LogP contribution in [0, 0.1) is 5.92 Å². The van der Waals surface area contributed by atoms with E-state index in [0.29, 0.717) is 30.3 Å². The molecule has 0 spiro atoms. The predicted octanol–water partition coefficient (Wildman–Crippen LogP) is 4.08. The van der Waals surface area contributed by atoms with Crippen LogP contribution in [-0.2, 0) is 10.0 Å². The van der Waals surface area contributed by atoms with Gasteiger partial charge in [0.1, 0.15) is 0 Å². The van der Waals surface area contributed by atoms with E-state index in [1.54, 1.807) is 30.0 Å². The van der Waals surface area contributed by atoms with Crippen LogP contribution in [0.2, 0.25) is 0 Å². The number of thioether (sulfide) groups is 1. The standard InChI is InChI=1S/C20H24N2O3S2/c1-15-9-11-22(12-10-15)27(24,25)19-8-3-5-16(13-19)20(23)21-17-6-4-7-18(14-17)26-2/h3-8,13-15H,9-12H2,1-2H3,(H,21,23). The first-order chi connectivity index (χ1) is 12.9. The van der Waals surface area contributed by atoms with E-state index >= 15 is 0 Å². The summed E-state index contributed by atoms with van der Waals surface area (Å²) in [6, 6.07) is 13.8. The van der Waals surface area contributed by atoms with Gasteiger partial charge in [0.25, 0.3) is 5.91 Å². The molecule has 27 heavy (non-hydrogen) atoms. The maximum atomic E-state index is 12.9. The van der Waals surface area contributed by atoms with Crippen molar-refractivity contribution >= 4 is 33.4 Å². The third kappa shape index (κ3) is 4.72. The highest BCUT2D eigenvalue weighted by Gasteiger charge is 2.28. The number of hydrogen-bond donors (Lipinski definition) is 1. The van der Waals surface area contributed by atoms with Gasteiger partial charge in [-0.3, -0.25) is 4.79 Å². The van der Waals surface area contributed by atoms with Gasteiger partial charge in [0.15, 0.2) is 0 Å². The Balaban J connectivity index is 1.79. The quantitative estimate of drug-likeness (QED) is 0.763. The molecule has 144 valence electrons. The molecule has 7 heteroatoms. The number of amides is 1. The summed E-state index contributed by atoms with van der Waals surface area (Å²) >= 11 is 1.59. The molecule has 0 saturated carbocycles. The van der Waals surface area contributed by atoms with Crippen LogP contribution >= 0.6 is 11.8 Å². The molecule has 3 rings (SSSR count). The van der Waals surface area contributed by atoms with Crippen LogP contribution in [0.1, 0.15) is 30.1 Å². The lowest BCUT2D eigenvalue weighted by atomic mass is 10.0. The third-order valence-corrected chi connectivity index (χ3v) is 7.42. The fourth-order valence-corrected chi connectivity index (χ4v) is 5.05. The number of carbonyl (C=O) groups is 1. The largest absolute Gasteiger partial charge is 0.322 e. The second kappa shape index (κ2) is 8.46. The Labute approximate surface area is 165 Å². The van der Waals surface area contributed by atoms with Crippen LogP contribution in [0.3, 0.4) is 0 Å². The molecule has 1 aliphatic heterocycles. The molecule has 1 aliphatic rings. The number of nitrogens with zero attached hydrogens (tertiary/aromatic N) is 1. The van der Waals surface area contributed by atoms with Gasteiger partial charge < -0.3 is 5.32 Å². The maximum Gasteiger partial charge on any atom is 0.255 e. The summed E-state index contributed by atoms with van der Waals surface area (Å²) in [5.74, 6) is 0.225. The number of anilines is 1. The smallest absolute Gasteiger partial charge is 0.255 e. The third-order valence-electron chi connectivity index (χ3n) is 4.80. The predicted molar refractivity (Wildman–Crippen MR) is 110 cm³/mol. The minimum atomic E-state index is -3.58. The Morgan fingerprint density at radius 3 is 2.52 bits per heavy atom. The van der Waals surface area contributed by atoms with Crippen LogP contribution in [0.15, 0.2) is 58.3 Å². The Kier molecular flexibility index (Phi) is 6.24. The number of rotatable bonds is 5. The van der Waals surface area contributed by atoms with Crippen molar-refractivity contribution in [3.63, 3.8) is 0 Å². The molecular formula is C20H24N2O3S2. The summed E-state index contributed by atoms with van der Waals surface area (Å²) in [4.78, 5) is 13.8. The number of sulfonamides is 1. The molecule has 0 aliphatic carbocycles. The van der Waals surface area contributed by atoms with Gasteiger partial charge in [-0.05, 0) is 61.4 Å².